The van der Waals surface area contributed by atoms with Crippen molar-refractivity contribution in [2.75, 3.05) is 0 Å². The molecule has 20 heavy (non-hydrogen) atoms. The number of oxazole rings is 1. The SMILES string of the molecule is Cc1ccc(-c2nc3cc4nc(C)oc4cc3s2)cc1. The van der Waals surface area contributed by atoms with Crippen LogP contribution in [0.25, 0.3) is 31.9 Å². The lowest BCUT2D eigenvalue weighted by molar-refractivity contribution is 0.561. The number of thiazole rings is 1. The highest BCUT2D eigenvalue weighted by Crippen LogP contribution is 2.32. The summed E-state index contributed by atoms with van der Waals surface area (Å²) in [5, 5.41) is 1.03. The van der Waals surface area contributed by atoms with Crippen molar-refractivity contribution in [3.8, 4) is 10.6 Å². The van der Waals surface area contributed by atoms with Gasteiger partial charge in [0.15, 0.2) is 11.5 Å². The van der Waals surface area contributed by atoms with Gasteiger partial charge in [0.1, 0.15) is 10.5 Å². The third-order valence-electron chi connectivity index (χ3n) is 3.30. The maximum atomic E-state index is 5.57. The summed E-state index contributed by atoms with van der Waals surface area (Å²) in [7, 11) is 0. The van der Waals surface area contributed by atoms with Gasteiger partial charge >= 0.3 is 0 Å². The molecule has 3 nitrogen and oxygen atoms in total. The Morgan fingerprint density at radius 1 is 0.950 bits per heavy atom. The summed E-state index contributed by atoms with van der Waals surface area (Å²) < 4.78 is 6.70. The van der Waals surface area contributed by atoms with E-state index >= 15 is 0 Å². The van der Waals surface area contributed by atoms with Gasteiger partial charge in [0.05, 0.1) is 10.2 Å². The van der Waals surface area contributed by atoms with Crippen LogP contribution in [0.2, 0.25) is 0 Å². The van der Waals surface area contributed by atoms with Gasteiger partial charge in [-0.25, -0.2) is 9.97 Å². The first-order chi connectivity index (χ1) is 9.69. The Hall–Kier alpha value is -2.20. The fraction of sp³-hybridized carbons (Fsp3) is 0.125. The number of aromatic nitrogens is 2. The summed E-state index contributed by atoms with van der Waals surface area (Å²) in [6, 6.07) is 12.5. The quantitative estimate of drug-likeness (QED) is 0.506. The molecule has 2 aromatic carbocycles. The van der Waals surface area contributed by atoms with E-state index in [9.17, 15) is 0 Å². The van der Waals surface area contributed by atoms with Gasteiger partial charge in [-0.1, -0.05) is 29.8 Å². The molecule has 0 radical (unpaired) electrons. The second-order valence-electron chi connectivity index (χ2n) is 4.91. The first-order valence-electron chi connectivity index (χ1n) is 6.44. The molecule has 4 rings (SSSR count). The van der Waals surface area contributed by atoms with Crippen LogP contribution in [0.5, 0.6) is 0 Å². The third-order valence-corrected chi connectivity index (χ3v) is 4.37. The van der Waals surface area contributed by atoms with Crippen molar-refractivity contribution in [1.29, 1.82) is 0 Å². The summed E-state index contributed by atoms with van der Waals surface area (Å²) in [6.45, 7) is 3.95. The number of aryl methyl sites for hydroxylation is 2. The number of hydrogen-bond donors (Lipinski definition) is 0. The minimum absolute atomic E-state index is 0.691. The van der Waals surface area contributed by atoms with Crippen molar-refractivity contribution in [1.82, 2.24) is 9.97 Å². The van der Waals surface area contributed by atoms with E-state index in [1.807, 2.05) is 19.1 Å². The van der Waals surface area contributed by atoms with Crippen LogP contribution in [0.4, 0.5) is 0 Å². The monoisotopic (exact) mass is 280 g/mol. The smallest absolute Gasteiger partial charge is 0.192 e. The molecule has 0 fully saturated rings. The average Bonchev–Trinajstić information content (AvgIpc) is 2.97. The molecule has 2 aromatic heterocycles. The first kappa shape index (κ1) is 11.6. The molecule has 0 saturated carbocycles. The van der Waals surface area contributed by atoms with Crippen molar-refractivity contribution >= 4 is 32.7 Å². The van der Waals surface area contributed by atoms with Gasteiger partial charge in [0.2, 0.25) is 0 Å². The van der Waals surface area contributed by atoms with E-state index in [1.54, 1.807) is 11.3 Å². The third kappa shape index (κ3) is 1.80. The van der Waals surface area contributed by atoms with Crippen LogP contribution in [0.15, 0.2) is 40.8 Å². The number of nitrogens with zero attached hydrogens (tertiary/aromatic N) is 2. The molecule has 4 heteroatoms. The average molecular weight is 280 g/mol. The molecule has 0 aliphatic carbocycles. The van der Waals surface area contributed by atoms with E-state index in [4.69, 9.17) is 9.40 Å². The Labute approximate surface area is 119 Å². The van der Waals surface area contributed by atoms with Crippen molar-refractivity contribution in [3.63, 3.8) is 0 Å². The molecule has 98 valence electrons. The normalized spacial score (nSPS) is 11.5. The molecule has 2 heterocycles. The van der Waals surface area contributed by atoms with Gasteiger partial charge in [-0.2, -0.15) is 0 Å². The lowest BCUT2D eigenvalue weighted by Gasteiger charge is -1.95. The Kier molecular flexibility index (Phi) is 2.41. The van der Waals surface area contributed by atoms with Crippen LogP contribution in [0.1, 0.15) is 11.5 Å². The summed E-state index contributed by atoms with van der Waals surface area (Å²) in [5.74, 6) is 0.691. The molecule has 0 spiro atoms. The van der Waals surface area contributed by atoms with Crippen LogP contribution in [0.3, 0.4) is 0 Å². The minimum Gasteiger partial charge on any atom is -0.441 e. The van der Waals surface area contributed by atoms with Crippen LogP contribution in [-0.2, 0) is 0 Å². The summed E-state index contributed by atoms with van der Waals surface area (Å²) in [6.07, 6.45) is 0. The second-order valence-corrected chi connectivity index (χ2v) is 5.94. The van der Waals surface area contributed by atoms with Gasteiger partial charge in [0.25, 0.3) is 0 Å². The highest BCUT2D eigenvalue weighted by Gasteiger charge is 2.10. The summed E-state index contributed by atoms with van der Waals surface area (Å²) in [5.41, 5.74) is 5.08. The molecular formula is C16H12N2OS. The Bertz CT molecular complexity index is 868. The van der Waals surface area contributed by atoms with E-state index in [2.05, 4.69) is 36.2 Å². The number of fused-ring (bicyclic) bond motifs is 2. The molecule has 4 aromatic rings. The molecule has 0 saturated heterocycles. The fourth-order valence-corrected chi connectivity index (χ4v) is 3.27. The van der Waals surface area contributed by atoms with Crippen molar-refractivity contribution in [2.24, 2.45) is 0 Å². The van der Waals surface area contributed by atoms with Gasteiger partial charge in [-0.3, -0.25) is 0 Å². The van der Waals surface area contributed by atoms with E-state index in [1.165, 1.54) is 5.56 Å². The molecule has 0 atom stereocenters. The van der Waals surface area contributed by atoms with Gasteiger partial charge < -0.3 is 4.42 Å². The minimum atomic E-state index is 0.691. The molecule has 0 aliphatic heterocycles. The van der Waals surface area contributed by atoms with E-state index in [0.717, 1.165) is 31.9 Å². The Morgan fingerprint density at radius 2 is 1.75 bits per heavy atom. The standard InChI is InChI=1S/C16H12N2OS/c1-9-3-5-11(6-4-9)16-18-13-7-12-14(8-15(13)20-16)19-10(2)17-12/h3-8H,1-2H3. The zero-order valence-electron chi connectivity index (χ0n) is 11.2. The number of benzene rings is 2. The van der Waals surface area contributed by atoms with Crippen molar-refractivity contribution < 1.29 is 4.42 Å². The van der Waals surface area contributed by atoms with E-state index < -0.39 is 0 Å². The fourth-order valence-electron chi connectivity index (χ4n) is 2.28. The lowest BCUT2D eigenvalue weighted by Crippen LogP contribution is -1.76. The van der Waals surface area contributed by atoms with Crippen molar-refractivity contribution in [3.05, 3.63) is 47.9 Å². The van der Waals surface area contributed by atoms with Crippen LogP contribution in [-0.4, -0.2) is 9.97 Å². The van der Waals surface area contributed by atoms with E-state index in [-0.39, 0.29) is 0 Å². The zero-order valence-corrected chi connectivity index (χ0v) is 12.0. The van der Waals surface area contributed by atoms with Crippen LogP contribution >= 0.6 is 11.3 Å². The predicted molar refractivity (Wildman–Crippen MR) is 82.1 cm³/mol. The maximum Gasteiger partial charge on any atom is 0.192 e. The topological polar surface area (TPSA) is 38.9 Å². The van der Waals surface area contributed by atoms with Gasteiger partial charge in [-0.05, 0) is 13.0 Å². The highest BCUT2D eigenvalue weighted by molar-refractivity contribution is 7.21. The first-order valence-corrected chi connectivity index (χ1v) is 7.25. The summed E-state index contributed by atoms with van der Waals surface area (Å²) >= 11 is 1.68. The van der Waals surface area contributed by atoms with Crippen LogP contribution in [0, 0.1) is 13.8 Å². The summed E-state index contributed by atoms with van der Waals surface area (Å²) in [4.78, 5) is 9.06. The largest absolute Gasteiger partial charge is 0.441 e. The van der Waals surface area contributed by atoms with Gasteiger partial charge in [0, 0.05) is 18.6 Å². The van der Waals surface area contributed by atoms with E-state index in [0.29, 0.717) is 5.89 Å². The van der Waals surface area contributed by atoms with Crippen LogP contribution < -0.4 is 0 Å². The molecular weight excluding hydrogens is 268 g/mol. The molecule has 0 N–H and O–H groups in total. The maximum absolute atomic E-state index is 5.57. The molecule has 0 aliphatic rings. The Morgan fingerprint density at radius 3 is 2.55 bits per heavy atom. The predicted octanol–water partition coefficient (Wildman–Crippen LogP) is 4.72. The highest BCUT2D eigenvalue weighted by atomic mass is 32.1. The zero-order chi connectivity index (χ0) is 13.7. The lowest BCUT2D eigenvalue weighted by atomic mass is 10.2. The molecule has 0 amide bonds. The number of rotatable bonds is 1. The number of hydrogen-bond acceptors (Lipinski definition) is 4. The second kappa shape index (κ2) is 4.15. The van der Waals surface area contributed by atoms with Gasteiger partial charge in [-0.15, -0.1) is 11.3 Å². The molecule has 0 unspecified atom stereocenters. The molecule has 0 bridgehead atoms. The van der Waals surface area contributed by atoms with Crippen molar-refractivity contribution in [2.45, 2.75) is 13.8 Å². The Balaban J connectivity index is 1.91.